The van der Waals surface area contributed by atoms with Crippen LogP contribution in [-0.4, -0.2) is 17.6 Å². The number of nitrogens with one attached hydrogen (secondary N) is 1. The van der Waals surface area contributed by atoms with Gasteiger partial charge in [-0.2, -0.15) is 0 Å². The van der Waals surface area contributed by atoms with Gasteiger partial charge in [0.25, 0.3) is 5.91 Å². The Morgan fingerprint density at radius 2 is 2.00 bits per heavy atom. The first-order valence-electron chi connectivity index (χ1n) is 6.68. The van der Waals surface area contributed by atoms with Crippen molar-refractivity contribution in [1.82, 2.24) is 0 Å². The summed E-state index contributed by atoms with van der Waals surface area (Å²) in [6.07, 6.45) is 0. The molecule has 0 aliphatic heterocycles. The first-order chi connectivity index (χ1) is 10.1. The Kier molecular flexibility index (Phi) is 4.76. The molecule has 106 valence electrons. The van der Waals surface area contributed by atoms with E-state index in [0.717, 1.165) is 22.4 Å². The highest BCUT2D eigenvalue weighted by Gasteiger charge is 2.07. The maximum atomic E-state index is 12.2. The van der Waals surface area contributed by atoms with Gasteiger partial charge in [0, 0.05) is 16.8 Å². The maximum Gasteiger partial charge on any atom is 0.255 e. The summed E-state index contributed by atoms with van der Waals surface area (Å²) in [4.78, 5) is 12.2. The molecular weight excluding hydrogens is 262 g/mol. The molecule has 21 heavy (non-hydrogen) atoms. The highest BCUT2D eigenvalue weighted by Crippen LogP contribution is 2.14. The summed E-state index contributed by atoms with van der Waals surface area (Å²) in [5.41, 5.74) is 4.19. The number of carbonyl (C=O) groups is 1. The van der Waals surface area contributed by atoms with Gasteiger partial charge < -0.3 is 10.4 Å². The van der Waals surface area contributed by atoms with Gasteiger partial charge in [-0.3, -0.25) is 4.79 Å². The lowest BCUT2D eigenvalue weighted by Crippen LogP contribution is -2.12. The number of rotatable bonds is 2. The fourth-order valence-corrected chi connectivity index (χ4v) is 2.01. The molecule has 2 N–H and O–H groups in total. The van der Waals surface area contributed by atoms with Crippen LogP contribution in [0, 0.1) is 25.7 Å². The smallest absolute Gasteiger partial charge is 0.255 e. The van der Waals surface area contributed by atoms with Gasteiger partial charge in [0.2, 0.25) is 0 Å². The zero-order chi connectivity index (χ0) is 15.2. The molecule has 0 fully saturated rings. The lowest BCUT2D eigenvalue weighted by atomic mass is 10.0. The van der Waals surface area contributed by atoms with E-state index >= 15 is 0 Å². The molecule has 0 bridgehead atoms. The predicted octanol–water partition coefficient (Wildman–Crippen LogP) is 2.90. The second-order valence-electron chi connectivity index (χ2n) is 4.81. The number of hydrogen-bond acceptors (Lipinski definition) is 2. The molecule has 0 spiro atoms. The third-order valence-corrected chi connectivity index (χ3v) is 3.07. The molecule has 0 heterocycles. The van der Waals surface area contributed by atoms with Crippen molar-refractivity contribution in [2.45, 2.75) is 13.8 Å². The number of benzene rings is 2. The van der Waals surface area contributed by atoms with Crippen molar-refractivity contribution in [3.8, 4) is 11.8 Å². The first-order valence-corrected chi connectivity index (χ1v) is 6.68. The van der Waals surface area contributed by atoms with Crippen LogP contribution in [0.5, 0.6) is 0 Å². The van der Waals surface area contributed by atoms with E-state index < -0.39 is 0 Å². The van der Waals surface area contributed by atoms with Crippen molar-refractivity contribution in [2.24, 2.45) is 0 Å². The van der Waals surface area contributed by atoms with Gasteiger partial charge in [-0.25, -0.2) is 0 Å². The second kappa shape index (κ2) is 6.74. The summed E-state index contributed by atoms with van der Waals surface area (Å²) in [7, 11) is 0. The van der Waals surface area contributed by atoms with Gasteiger partial charge in [0.05, 0.1) is 0 Å². The molecule has 0 radical (unpaired) electrons. The summed E-state index contributed by atoms with van der Waals surface area (Å²) >= 11 is 0. The van der Waals surface area contributed by atoms with E-state index in [4.69, 9.17) is 5.11 Å². The van der Waals surface area contributed by atoms with Crippen molar-refractivity contribution in [3.63, 3.8) is 0 Å². The van der Waals surface area contributed by atoms with Crippen molar-refractivity contribution in [1.29, 1.82) is 0 Å². The number of anilines is 1. The van der Waals surface area contributed by atoms with E-state index in [9.17, 15) is 4.79 Å². The fraction of sp³-hybridized carbons (Fsp3) is 0.167. The van der Waals surface area contributed by atoms with Crippen molar-refractivity contribution >= 4 is 11.6 Å². The molecule has 0 aliphatic carbocycles. The third kappa shape index (κ3) is 3.95. The maximum absolute atomic E-state index is 12.2. The average Bonchev–Trinajstić information content (AvgIpc) is 2.46. The zero-order valence-electron chi connectivity index (χ0n) is 12.1. The van der Waals surface area contributed by atoms with Crippen LogP contribution in [0.4, 0.5) is 5.69 Å². The van der Waals surface area contributed by atoms with Crippen LogP contribution in [0.15, 0.2) is 42.5 Å². The van der Waals surface area contributed by atoms with Crippen LogP contribution in [-0.2, 0) is 0 Å². The van der Waals surface area contributed by atoms with E-state index in [-0.39, 0.29) is 12.5 Å². The first kappa shape index (κ1) is 14.8. The summed E-state index contributed by atoms with van der Waals surface area (Å²) in [6.45, 7) is 3.70. The summed E-state index contributed by atoms with van der Waals surface area (Å²) in [6, 6.07) is 13.0. The molecule has 0 unspecified atom stereocenters. The Balaban J connectivity index is 2.18. The Hall–Kier alpha value is -2.57. The minimum absolute atomic E-state index is 0.148. The molecule has 0 atom stereocenters. The summed E-state index contributed by atoms with van der Waals surface area (Å²) < 4.78 is 0. The Bertz CT molecular complexity index is 723. The van der Waals surface area contributed by atoms with Gasteiger partial charge in [-0.1, -0.05) is 24.0 Å². The molecule has 0 saturated heterocycles. The largest absolute Gasteiger partial charge is 0.384 e. The molecule has 2 aromatic rings. The third-order valence-electron chi connectivity index (χ3n) is 3.07. The van der Waals surface area contributed by atoms with Crippen LogP contribution in [0.2, 0.25) is 0 Å². The van der Waals surface area contributed by atoms with E-state index in [1.165, 1.54) is 0 Å². The van der Waals surface area contributed by atoms with Crippen LogP contribution in [0.3, 0.4) is 0 Å². The van der Waals surface area contributed by atoms with Crippen LogP contribution < -0.4 is 5.32 Å². The molecule has 0 aliphatic rings. The molecule has 2 aromatic carbocycles. The molecule has 0 aromatic heterocycles. The summed E-state index contributed by atoms with van der Waals surface area (Å²) in [5, 5.41) is 11.6. The Morgan fingerprint density at radius 3 is 2.67 bits per heavy atom. The SMILES string of the molecule is Cc1cccc(NC(=O)c2ccc(C#CCO)c(C)c2)c1. The Labute approximate surface area is 124 Å². The molecule has 3 heteroatoms. The number of aliphatic hydroxyl groups is 1. The van der Waals surface area contributed by atoms with E-state index in [1.807, 2.05) is 38.1 Å². The zero-order valence-corrected chi connectivity index (χ0v) is 12.1. The van der Waals surface area contributed by atoms with E-state index in [1.54, 1.807) is 18.2 Å². The lowest BCUT2D eigenvalue weighted by Gasteiger charge is -2.07. The number of amides is 1. The predicted molar refractivity (Wildman–Crippen MR) is 84.3 cm³/mol. The number of hydrogen-bond donors (Lipinski definition) is 2. The molecule has 1 amide bonds. The van der Waals surface area contributed by atoms with Gasteiger partial charge in [0.1, 0.15) is 6.61 Å². The Morgan fingerprint density at radius 1 is 1.19 bits per heavy atom. The van der Waals surface area contributed by atoms with Crippen LogP contribution >= 0.6 is 0 Å². The monoisotopic (exact) mass is 279 g/mol. The molecular formula is C18H17NO2. The van der Waals surface area contributed by atoms with Gasteiger partial charge in [-0.15, -0.1) is 0 Å². The molecule has 0 saturated carbocycles. The normalized spacial score (nSPS) is 9.67. The molecule has 2 rings (SSSR count). The minimum Gasteiger partial charge on any atom is -0.384 e. The number of carbonyl (C=O) groups excluding carboxylic acids is 1. The van der Waals surface area contributed by atoms with Crippen molar-refractivity contribution in [3.05, 3.63) is 64.7 Å². The van der Waals surface area contributed by atoms with Crippen molar-refractivity contribution < 1.29 is 9.90 Å². The molecule has 3 nitrogen and oxygen atoms in total. The topological polar surface area (TPSA) is 49.3 Å². The number of aryl methyl sites for hydroxylation is 2. The highest BCUT2D eigenvalue weighted by atomic mass is 16.2. The van der Waals surface area contributed by atoms with E-state index in [0.29, 0.717) is 5.56 Å². The lowest BCUT2D eigenvalue weighted by molar-refractivity contribution is 0.102. The summed E-state index contributed by atoms with van der Waals surface area (Å²) in [5.74, 6) is 5.31. The van der Waals surface area contributed by atoms with Crippen molar-refractivity contribution in [2.75, 3.05) is 11.9 Å². The number of aliphatic hydroxyl groups excluding tert-OH is 1. The average molecular weight is 279 g/mol. The second-order valence-corrected chi connectivity index (χ2v) is 4.81. The van der Waals surface area contributed by atoms with Crippen LogP contribution in [0.1, 0.15) is 27.0 Å². The standard InChI is InChI=1S/C18H17NO2/c1-13-5-3-7-17(11-13)19-18(21)16-9-8-15(6-4-10-20)14(2)12-16/h3,5,7-9,11-12,20H,10H2,1-2H3,(H,19,21). The van der Waals surface area contributed by atoms with Gasteiger partial charge in [-0.05, 0) is 55.3 Å². The fourth-order valence-electron chi connectivity index (χ4n) is 2.01. The van der Waals surface area contributed by atoms with Crippen LogP contribution in [0.25, 0.3) is 0 Å². The van der Waals surface area contributed by atoms with E-state index in [2.05, 4.69) is 17.2 Å². The minimum atomic E-state index is -0.172. The van der Waals surface area contributed by atoms with Gasteiger partial charge in [0.15, 0.2) is 0 Å². The highest BCUT2D eigenvalue weighted by molar-refractivity contribution is 6.04. The quantitative estimate of drug-likeness (QED) is 0.830. The van der Waals surface area contributed by atoms with Gasteiger partial charge >= 0.3 is 0 Å².